The van der Waals surface area contributed by atoms with E-state index in [1.54, 1.807) is 0 Å². The number of benzene rings is 1. The van der Waals surface area contributed by atoms with Gasteiger partial charge < -0.3 is 5.11 Å². The molecule has 1 rings (SSSR count). The first-order valence-electron chi connectivity index (χ1n) is 4.33. The SMILES string of the molecule is O=C(O)CC=NNc1ccc([N+](=O)[O-])cc1. The van der Waals surface area contributed by atoms with Crippen LogP contribution in [0.3, 0.4) is 0 Å². The molecule has 0 spiro atoms. The lowest BCUT2D eigenvalue weighted by Crippen LogP contribution is -1.96. The lowest BCUT2D eigenvalue weighted by molar-refractivity contribution is -0.384. The first kappa shape index (κ1) is 11.6. The lowest BCUT2D eigenvalue weighted by Gasteiger charge is -1.98. The predicted molar refractivity (Wildman–Crippen MR) is 57.5 cm³/mol. The number of carbonyl (C=O) groups is 1. The number of carboxylic acid groups (broad SMARTS) is 1. The van der Waals surface area contributed by atoms with Crippen LogP contribution in [0.15, 0.2) is 29.4 Å². The van der Waals surface area contributed by atoms with E-state index in [1.165, 1.54) is 30.5 Å². The highest BCUT2D eigenvalue weighted by Crippen LogP contribution is 2.14. The maximum absolute atomic E-state index is 10.3. The van der Waals surface area contributed by atoms with Crippen LogP contribution >= 0.6 is 0 Å². The second-order valence-electron chi connectivity index (χ2n) is 2.83. The minimum atomic E-state index is -0.978. The van der Waals surface area contributed by atoms with Crippen LogP contribution in [0.25, 0.3) is 0 Å². The fraction of sp³-hybridized carbons (Fsp3) is 0.111. The summed E-state index contributed by atoms with van der Waals surface area (Å²) in [5.41, 5.74) is 3.08. The molecule has 0 amide bonds. The molecule has 0 heterocycles. The Morgan fingerprint density at radius 2 is 2.12 bits per heavy atom. The Bertz CT molecular complexity index is 413. The summed E-state index contributed by atoms with van der Waals surface area (Å²) in [5, 5.41) is 22.3. The van der Waals surface area contributed by atoms with Crippen molar-refractivity contribution in [3.05, 3.63) is 34.4 Å². The number of non-ortho nitro benzene ring substituents is 1. The van der Waals surface area contributed by atoms with Crippen molar-refractivity contribution in [1.82, 2.24) is 0 Å². The molecule has 0 saturated carbocycles. The van der Waals surface area contributed by atoms with Gasteiger partial charge in [0.1, 0.15) is 0 Å². The molecule has 0 atom stereocenters. The van der Waals surface area contributed by atoms with Crippen LogP contribution < -0.4 is 5.43 Å². The molecule has 1 aromatic carbocycles. The highest BCUT2D eigenvalue weighted by Gasteiger charge is 2.02. The van der Waals surface area contributed by atoms with Gasteiger partial charge in [-0.05, 0) is 12.1 Å². The van der Waals surface area contributed by atoms with Gasteiger partial charge in [-0.25, -0.2) is 0 Å². The summed E-state index contributed by atoms with van der Waals surface area (Å²) in [4.78, 5) is 20.0. The third-order valence-corrected chi connectivity index (χ3v) is 1.63. The molecule has 0 bridgehead atoms. The average molecular weight is 223 g/mol. The summed E-state index contributed by atoms with van der Waals surface area (Å²) < 4.78 is 0. The van der Waals surface area contributed by atoms with Crippen LogP contribution in [0, 0.1) is 10.1 Å². The van der Waals surface area contributed by atoms with E-state index in [9.17, 15) is 14.9 Å². The maximum Gasteiger partial charge on any atom is 0.308 e. The predicted octanol–water partition coefficient (Wildman–Crippen LogP) is 1.47. The number of nitro benzene ring substituents is 1. The number of rotatable bonds is 5. The molecule has 0 unspecified atom stereocenters. The van der Waals surface area contributed by atoms with Crippen LogP contribution in [0.1, 0.15) is 6.42 Å². The fourth-order valence-electron chi connectivity index (χ4n) is 0.902. The van der Waals surface area contributed by atoms with Gasteiger partial charge in [0.05, 0.1) is 17.0 Å². The van der Waals surface area contributed by atoms with Crippen LogP contribution in [0.4, 0.5) is 11.4 Å². The summed E-state index contributed by atoms with van der Waals surface area (Å²) in [5.74, 6) is -0.978. The average Bonchev–Trinajstić information content (AvgIpc) is 2.25. The topological polar surface area (TPSA) is 105 Å². The molecule has 2 N–H and O–H groups in total. The molecule has 0 fully saturated rings. The van der Waals surface area contributed by atoms with Gasteiger partial charge in [0.2, 0.25) is 0 Å². The van der Waals surface area contributed by atoms with Crippen LogP contribution in [0.5, 0.6) is 0 Å². The number of anilines is 1. The van der Waals surface area contributed by atoms with Gasteiger partial charge in [0, 0.05) is 18.3 Å². The van der Waals surface area contributed by atoms with E-state index < -0.39 is 10.9 Å². The van der Waals surface area contributed by atoms with Gasteiger partial charge >= 0.3 is 5.97 Å². The minimum absolute atomic E-state index is 0.0138. The van der Waals surface area contributed by atoms with Crippen molar-refractivity contribution in [1.29, 1.82) is 0 Å². The van der Waals surface area contributed by atoms with Crippen molar-refractivity contribution in [3.8, 4) is 0 Å². The van der Waals surface area contributed by atoms with E-state index in [2.05, 4.69) is 10.5 Å². The molecule has 0 radical (unpaired) electrons. The second-order valence-corrected chi connectivity index (χ2v) is 2.83. The Morgan fingerprint density at radius 1 is 1.50 bits per heavy atom. The molecule has 84 valence electrons. The highest BCUT2D eigenvalue weighted by molar-refractivity contribution is 5.84. The van der Waals surface area contributed by atoms with Gasteiger partial charge in [-0.1, -0.05) is 0 Å². The maximum atomic E-state index is 10.3. The van der Waals surface area contributed by atoms with Crippen molar-refractivity contribution in [2.45, 2.75) is 6.42 Å². The zero-order chi connectivity index (χ0) is 12.0. The van der Waals surface area contributed by atoms with Crippen molar-refractivity contribution < 1.29 is 14.8 Å². The summed E-state index contributed by atoms with van der Waals surface area (Å²) in [6.07, 6.45) is 1.02. The molecule has 16 heavy (non-hydrogen) atoms. The number of hydrogen-bond acceptors (Lipinski definition) is 5. The molecule has 0 aliphatic heterocycles. The number of nitro groups is 1. The standard InChI is InChI=1S/C9H9N3O4/c13-9(14)5-6-10-11-7-1-3-8(4-2-7)12(15)16/h1-4,6,11H,5H2,(H,13,14). The fourth-order valence-corrected chi connectivity index (χ4v) is 0.902. The minimum Gasteiger partial charge on any atom is -0.481 e. The zero-order valence-electron chi connectivity index (χ0n) is 8.16. The van der Waals surface area contributed by atoms with E-state index in [4.69, 9.17) is 5.11 Å². The van der Waals surface area contributed by atoms with Crippen molar-refractivity contribution in [2.24, 2.45) is 5.10 Å². The number of carboxylic acids is 1. The number of nitrogens with zero attached hydrogens (tertiary/aromatic N) is 2. The third-order valence-electron chi connectivity index (χ3n) is 1.63. The van der Waals surface area contributed by atoms with Crippen LogP contribution in [0.2, 0.25) is 0 Å². The highest BCUT2D eigenvalue weighted by atomic mass is 16.6. The molecule has 0 aliphatic carbocycles. The van der Waals surface area contributed by atoms with E-state index >= 15 is 0 Å². The van der Waals surface area contributed by atoms with Gasteiger partial charge in [-0.3, -0.25) is 20.3 Å². The summed E-state index contributed by atoms with van der Waals surface area (Å²) in [7, 11) is 0. The quantitative estimate of drug-likeness (QED) is 0.446. The Kier molecular flexibility index (Phi) is 3.96. The molecule has 1 aromatic rings. The largest absolute Gasteiger partial charge is 0.481 e. The lowest BCUT2D eigenvalue weighted by atomic mass is 10.3. The van der Waals surface area contributed by atoms with E-state index in [0.717, 1.165) is 0 Å². The third kappa shape index (κ3) is 3.74. The molecule has 0 saturated heterocycles. The molecule has 7 nitrogen and oxygen atoms in total. The number of hydrogen-bond donors (Lipinski definition) is 2. The zero-order valence-corrected chi connectivity index (χ0v) is 8.16. The number of hydrazone groups is 1. The smallest absolute Gasteiger partial charge is 0.308 e. The second kappa shape index (κ2) is 5.44. The Morgan fingerprint density at radius 3 is 2.62 bits per heavy atom. The van der Waals surface area contributed by atoms with Gasteiger partial charge in [-0.15, -0.1) is 0 Å². The van der Waals surface area contributed by atoms with Crippen molar-refractivity contribution >= 4 is 23.6 Å². The first-order chi connectivity index (χ1) is 7.59. The number of aliphatic carboxylic acids is 1. The number of nitrogens with one attached hydrogen (secondary N) is 1. The molecular formula is C9H9N3O4. The summed E-state index contributed by atoms with van der Waals surface area (Å²) >= 11 is 0. The van der Waals surface area contributed by atoms with Crippen molar-refractivity contribution in [2.75, 3.05) is 5.43 Å². The Labute approximate surface area is 90.6 Å². The van der Waals surface area contributed by atoms with Crippen LogP contribution in [-0.4, -0.2) is 22.2 Å². The molecule has 0 aromatic heterocycles. The van der Waals surface area contributed by atoms with Gasteiger partial charge in [0.25, 0.3) is 5.69 Å². The molecular weight excluding hydrogens is 214 g/mol. The Balaban J connectivity index is 2.52. The monoisotopic (exact) mass is 223 g/mol. The van der Waals surface area contributed by atoms with Gasteiger partial charge in [0.15, 0.2) is 0 Å². The molecule has 0 aliphatic rings. The van der Waals surface area contributed by atoms with Gasteiger partial charge in [-0.2, -0.15) is 5.10 Å². The van der Waals surface area contributed by atoms with E-state index in [0.29, 0.717) is 5.69 Å². The first-order valence-corrected chi connectivity index (χ1v) is 4.33. The summed E-state index contributed by atoms with van der Waals surface area (Å²) in [6, 6.07) is 5.62. The Hall–Kier alpha value is -2.44. The molecule has 7 heteroatoms. The van der Waals surface area contributed by atoms with Crippen molar-refractivity contribution in [3.63, 3.8) is 0 Å². The normalized spacial score (nSPS) is 10.2. The summed E-state index contributed by atoms with van der Waals surface area (Å²) in [6.45, 7) is 0. The van der Waals surface area contributed by atoms with E-state index in [1.807, 2.05) is 0 Å². The van der Waals surface area contributed by atoms with Crippen LogP contribution in [-0.2, 0) is 4.79 Å². The van der Waals surface area contributed by atoms with E-state index in [-0.39, 0.29) is 12.1 Å².